The molecule has 3 aromatic heterocycles. The minimum absolute atomic E-state index is 0. The van der Waals surface area contributed by atoms with E-state index in [1.807, 2.05) is 27.0 Å². The van der Waals surface area contributed by atoms with Gasteiger partial charge in [-0.05, 0) is 64.9 Å². The summed E-state index contributed by atoms with van der Waals surface area (Å²) in [5.74, 6) is -7.80. The molecule has 26 heteroatoms. The summed E-state index contributed by atoms with van der Waals surface area (Å²) in [6.45, 7) is 5.50. The molecule has 20 nitrogen and oxygen atoms in total. The maximum atomic E-state index is 11.6. The number of nitrogens with one attached hydrogen (secondary N) is 2. The predicted molar refractivity (Wildman–Crippen MR) is 173 cm³/mol. The normalized spacial score (nSPS) is 10.6. The fourth-order valence-electron chi connectivity index (χ4n) is 4.30. The molecule has 55 heavy (non-hydrogen) atoms. The van der Waals surface area contributed by atoms with Crippen molar-refractivity contribution in [1.29, 1.82) is 0 Å². The third-order valence-corrected chi connectivity index (χ3v) is 8.33. The number of carboxylic acids is 4. The molecule has 0 amide bonds. The van der Waals surface area contributed by atoms with Crippen molar-refractivity contribution in [2.24, 2.45) is 10.2 Å². The van der Waals surface area contributed by atoms with Gasteiger partial charge in [-0.2, -0.15) is 24.7 Å². The summed E-state index contributed by atoms with van der Waals surface area (Å²) in [5, 5.41) is 73.0. The number of carbonyl (C=O) groups excluding carboxylic acids is 4. The van der Waals surface area contributed by atoms with Gasteiger partial charge in [0.05, 0.1) is 29.6 Å². The molecule has 0 saturated heterocycles. The van der Waals surface area contributed by atoms with Crippen molar-refractivity contribution in [3.8, 4) is 5.95 Å². The van der Waals surface area contributed by atoms with E-state index < -0.39 is 51.5 Å². The van der Waals surface area contributed by atoms with Gasteiger partial charge in [0, 0.05) is 16.8 Å². The summed E-state index contributed by atoms with van der Waals surface area (Å²) in [4.78, 5) is 59.2. The first-order valence-corrected chi connectivity index (χ1v) is 16.2. The number of azo groups is 1. The Bertz CT molecular complexity index is 2110. The Labute approximate surface area is 408 Å². The van der Waals surface area contributed by atoms with Crippen LogP contribution in [0.2, 0.25) is 0 Å². The molecular formula is C29H22N12Na4O8S2. The van der Waals surface area contributed by atoms with Gasteiger partial charge in [-0.25, -0.2) is 0 Å². The van der Waals surface area contributed by atoms with Crippen molar-refractivity contribution in [2.75, 3.05) is 22.6 Å². The fourth-order valence-corrected chi connectivity index (χ4v) is 5.38. The van der Waals surface area contributed by atoms with Crippen molar-refractivity contribution < 1.29 is 158 Å². The molecule has 0 spiro atoms. The van der Waals surface area contributed by atoms with Gasteiger partial charge in [-0.15, -0.1) is 20.4 Å². The van der Waals surface area contributed by atoms with Gasteiger partial charge < -0.3 is 56.0 Å². The van der Waals surface area contributed by atoms with Crippen LogP contribution >= 0.6 is 23.1 Å². The van der Waals surface area contributed by atoms with Crippen LogP contribution in [0.3, 0.4) is 0 Å². The SMILES string of the molecule is CSc1nnc(N=Nc2c(C(C)(C)C)nn(-c3nc(Nc4cc(C(=O)[O-])cc(C(=O)[O-])c4)nc(Nc4cc(C(=O)[O-])cc(C(=O)[O-])c4)n3)c2N)s1.[Na+].[Na+].[Na+].[Na+]. The first kappa shape index (κ1) is 50.5. The van der Waals surface area contributed by atoms with E-state index >= 15 is 0 Å². The topological polar surface area (TPSA) is 318 Å². The summed E-state index contributed by atoms with van der Waals surface area (Å²) in [6, 6.07) is 5.84. The second-order valence-electron chi connectivity index (χ2n) is 11.3. The van der Waals surface area contributed by atoms with Crippen LogP contribution < -0.4 is 155 Å². The molecule has 5 rings (SSSR count). The van der Waals surface area contributed by atoms with Gasteiger partial charge >= 0.3 is 118 Å². The van der Waals surface area contributed by atoms with Crippen molar-refractivity contribution in [1.82, 2.24) is 34.9 Å². The molecular weight excluding hydrogens is 800 g/mol. The van der Waals surface area contributed by atoms with E-state index in [4.69, 9.17) is 5.73 Å². The molecule has 0 fully saturated rings. The number of hydrogen-bond donors (Lipinski definition) is 3. The predicted octanol–water partition coefficient (Wildman–Crippen LogP) is -12.1. The molecule has 0 atom stereocenters. The Hall–Kier alpha value is -2.55. The zero-order valence-electron chi connectivity index (χ0n) is 30.6. The second-order valence-corrected chi connectivity index (χ2v) is 13.3. The van der Waals surface area contributed by atoms with E-state index in [-0.39, 0.29) is 164 Å². The average Bonchev–Trinajstić information content (AvgIpc) is 3.67. The number of rotatable bonds is 12. The van der Waals surface area contributed by atoms with E-state index in [2.05, 4.69) is 51.1 Å². The van der Waals surface area contributed by atoms with Gasteiger partial charge in [-0.1, -0.05) is 43.9 Å². The first-order chi connectivity index (χ1) is 24.0. The van der Waals surface area contributed by atoms with E-state index in [0.717, 1.165) is 41.1 Å². The maximum Gasteiger partial charge on any atom is 1.00 e. The summed E-state index contributed by atoms with van der Waals surface area (Å²) in [5.41, 5.74) is 4.03. The minimum Gasteiger partial charge on any atom is -0.545 e. The maximum absolute atomic E-state index is 11.6. The number of anilines is 5. The van der Waals surface area contributed by atoms with Crippen LogP contribution in [-0.2, 0) is 5.41 Å². The molecule has 0 unspecified atom stereocenters. The molecule has 262 valence electrons. The quantitative estimate of drug-likeness (QED) is 0.0597. The molecule has 0 bridgehead atoms. The Kier molecular flexibility index (Phi) is 19.5. The standard InChI is InChI=1S/C29H26N12O8S2.4Na/c1-29(2,3)18-17(36-37-27-38-39-28(50-4)51-27)19(30)41(40-18)26-34-24(31-15-7-11(20(42)43)5-12(8-15)21(44)45)33-25(35-26)32-16-9-13(22(46)47)6-14(10-16)23(48)49;;;;/h5-10H,30H2,1-4H3,(H,42,43)(H,44,45)(H,46,47)(H,48,49)(H2,31,32,33,34,35);;;;/q;4*+1/p-4. The van der Waals surface area contributed by atoms with Crippen LogP contribution in [0.5, 0.6) is 0 Å². The molecule has 0 aliphatic heterocycles. The molecule has 4 N–H and O–H groups in total. The van der Waals surface area contributed by atoms with Gasteiger partial charge in [0.2, 0.25) is 11.9 Å². The van der Waals surface area contributed by atoms with Crippen molar-refractivity contribution >= 4 is 86.9 Å². The minimum atomic E-state index is -1.68. The Morgan fingerprint density at radius 2 is 1.16 bits per heavy atom. The Balaban J connectivity index is 0.00000378. The van der Waals surface area contributed by atoms with E-state index in [1.165, 1.54) is 23.1 Å². The van der Waals surface area contributed by atoms with Crippen LogP contribution in [0.1, 0.15) is 67.9 Å². The summed E-state index contributed by atoms with van der Waals surface area (Å²) in [7, 11) is 0. The fraction of sp³-hybridized carbons (Fsp3) is 0.172. The third kappa shape index (κ3) is 12.7. The molecule has 0 radical (unpaired) electrons. The average molecular weight is 823 g/mol. The number of aromatic nitrogens is 7. The monoisotopic (exact) mass is 822 g/mol. The number of thioether (sulfide) groups is 1. The molecule has 0 aliphatic rings. The number of aromatic carboxylic acids is 4. The van der Waals surface area contributed by atoms with Gasteiger partial charge in [0.1, 0.15) is 0 Å². The van der Waals surface area contributed by atoms with Crippen LogP contribution in [0.15, 0.2) is 51.0 Å². The largest absolute Gasteiger partial charge is 1.00 e. The summed E-state index contributed by atoms with van der Waals surface area (Å²) >= 11 is 2.57. The Morgan fingerprint density at radius 1 is 0.727 bits per heavy atom. The number of nitrogen functional groups attached to an aromatic ring is 1. The van der Waals surface area contributed by atoms with Crippen LogP contribution in [0.4, 0.5) is 39.9 Å². The van der Waals surface area contributed by atoms with E-state index in [1.54, 1.807) is 0 Å². The van der Waals surface area contributed by atoms with Crippen molar-refractivity contribution in [3.63, 3.8) is 0 Å². The second kappa shape index (κ2) is 21.3. The Morgan fingerprint density at radius 3 is 1.53 bits per heavy atom. The van der Waals surface area contributed by atoms with Crippen LogP contribution in [-0.4, -0.2) is 65.1 Å². The van der Waals surface area contributed by atoms with Crippen molar-refractivity contribution in [2.45, 2.75) is 30.5 Å². The van der Waals surface area contributed by atoms with Crippen LogP contribution in [0.25, 0.3) is 5.95 Å². The third-order valence-electron chi connectivity index (χ3n) is 6.55. The first-order valence-electron chi connectivity index (χ1n) is 14.2. The molecule has 2 aromatic carbocycles. The number of carbonyl (C=O) groups is 4. The van der Waals surface area contributed by atoms with Gasteiger partial charge in [-0.3, -0.25) is 0 Å². The van der Waals surface area contributed by atoms with E-state index in [9.17, 15) is 39.6 Å². The zero-order valence-corrected chi connectivity index (χ0v) is 40.3. The zero-order chi connectivity index (χ0) is 37.2. The molecule has 3 heterocycles. The summed E-state index contributed by atoms with van der Waals surface area (Å²) in [6.07, 6.45) is 1.83. The molecule has 0 saturated carbocycles. The van der Waals surface area contributed by atoms with Crippen LogP contribution in [0, 0.1) is 0 Å². The number of benzene rings is 2. The van der Waals surface area contributed by atoms with Gasteiger partial charge in [0.25, 0.3) is 11.1 Å². The summed E-state index contributed by atoms with van der Waals surface area (Å²) < 4.78 is 1.75. The number of hydrogen-bond acceptors (Lipinski definition) is 21. The molecule has 5 aromatic rings. The van der Waals surface area contributed by atoms with Gasteiger partial charge in [0.15, 0.2) is 15.8 Å². The smallest absolute Gasteiger partial charge is 0.545 e. The number of nitrogens with two attached hydrogens (primary N) is 1. The molecule has 0 aliphatic carbocycles. The van der Waals surface area contributed by atoms with Crippen molar-refractivity contribution in [3.05, 3.63) is 64.3 Å². The number of carboxylic acid groups (broad SMARTS) is 4. The number of nitrogens with zero attached hydrogens (tertiary/aromatic N) is 9. The van der Waals surface area contributed by atoms with E-state index in [0.29, 0.717) is 10.0 Å².